The number of hydrogen-bond acceptors (Lipinski definition) is 4. The number of aliphatic hydroxyl groups is 1. The van der Waals surface area contributed by atoms with Crippen LogP contribution in [0.25, 0.3) is 0 Å². The molecular formula is C13H24N2O4S. The lowest BCUT2D eigenvalue weighted by Gasteiger charge is -2.39. The molecule has 0 radical (unpaired) electrons. The summed E-state index contributed by atoms with van der Waals surface area (Å²) in [5.41, 5.74) is -0.790. The fourth-order valence-corrected chi connectivity index (χ4v) is 3.97. The van der Waals surface area contributed by atoms with E-state index in [9.17, 15) is 18.3 Å². The van der Waals surface area contributed by atoms with Crippen LogP contribution in [0.2, 0.25) is 0 Å². The highest BCUT2D eigenvalue weighted by Gasteiger charge is 2.36. The topological polar surface area (TPSA) is 77.9 Å². The number of carbonyl (C=O) groups excluding carboxylic acids is 1. The second kappa shape index (κ2) is 5.61. The van der Waals surface area contributed by atoms with E-state index in [1.165, 1.54) is 10.6 Å². The number of piperidine rings is 2. The molecule has 7 heteroatoms. The average Bonchev–Trinajstić information content (AvgIpc) is 2.36. The van der Waals surface area contributed by atoms with Crippen LogP contribution >= 0.6 is 0 Å². The van der Waals surface area contributed by atoms with Crippen LogP contribution < -0.4 is 0 Å². The van der Waals surface area contributed by atoms with Crippen molar-refractivity contribution in [3.63, 3.8) is 0 Å². The van der Waals surface area contributed by atoms with Gasteiger partial charge in [-0.25, -0.2) is 12.7 Å². The summed E-state index contributed by atoms with van der Waals surface area (Å²) in [6.45, 7) is 3.68. The Kier molecular flexibility index (Phi) is 4.41. The number of carbonyl (C=O) groups is 1. The zero-order chi connectivity index (χ0) is 15.0. The highest BCUT2D eigenvalue weighted by Crippen LogP contribution is 2.26. The zero-order valence-electron chi connectivity index (χ0n) is 12.2. The van der Waals surface area contributed by atoms with E-state index in [1.807, 2.05) is 0 Å². The Morgan fingerprint density at radius 1 is 1.25 bits per heavy atom. The van der Waals surface area contributed by atoms with Gasteiger partial charge in [-0.1, -0.05) is 0 Å². The molecule has 0 saturated carbocycles. The maximum atomic E-state index is 12.4. The van der Waals surface area contributed by atoms with Gasteiger partial charge in [-0.15, -0.1) is 0 Å². The van der Waals surface area contributed by atoms with Crippen molar-refractivity contribution < 1.29 is 18.3 Å². The molecule has 1 N–H and O–H groups in total. The van der Waals surface area contributed by atoms with Crippen LogP contribution in [0.4, 0.5) is 0 Å². The van der Waals surface area contributed by atoms with Crippen molar-refractivity contribution in [3.8, 4) is 0 Å². The number of likely N-dealkylation sites (tertiary alicyclic amines) is 1. The lowest BCUT2D eigenvalue weighted by Crippen LogP contribution is -2.51. The summed E-state index contributed by atoms with van der Waals surface area (Å²) in [6, 6.07) is 0. The number of nitrogens with zero attached hydrogens (tertiary/aromatic N) is 2. The van der Waals surface area contributed by atoms with Gasteiger partial charge in [0.05, 0.1) is 11.9 Å². The second-order valence-electron chi connectivity index (χ2n) is 6.30. The Morgan fingerprint density at radius 3 is 2.35 bits per heavy atom. The second-order valence-corrected chi connectivity index (χ2v) is 8.28. The Hall–Kier alpha value is -0.660. The van der Waals surface area contributed by atoms with E-state index in [0.29, 0.717) is 39.0 Å². The fraction of sp³-hybridized carbons (Fsp3) is 0.923. The van der Waals surface area contributed by atoms with Crippen molar-refractivity contribution in [3.05, 3.63) is 0 Å². The van der Waals surface area contributed by atoms with Gasteiger partial charge >= 0.3 is 0 Å². The Bertz CT molecular complexity index is 467. The first-order valence-electron chi connectivity index (χ1n) is 7.15. The molecule has 0 aromatic rings. The summed E-state index contributed by atoms with van der Waals surface area (Å²) in [7, 11) is -3.15. The molecule has 0 aliphatic carbocycles. The van der Waals surface area contributed by atoms with E-state index in [0.717, 1.165) is 12.8 Å². The first-order valence-corrected chi connectivity index (χ1v) is 9.00. The molecule has 1 atom stereocenters. The van der Waals surface area contributed by atoms with E-state index in [2.05, 4.69) is 0 Å². The summed E-state index contributed by atoms with van der Waals surface area (Å²) in [5, 5.41) is 10.1. The minimum absolute atomic E-state index is 0.0677. The number of amides is 1. The molecule has 0 bridgehead atoms. The van der Waals surface area contributed by atoms with E-state index in [1.54, 1.807) is 11.8 Å². The van der Waals surface area contributed by atoms with Gasteiger partial charge in [0.25, 0.3) is 0 Å². The molecular weight excluding hydrogens is 280 g/mol. The predicted molar refractivity (Wildman–Crippen MR) is 75.6 cm³/mol. The third-order valence-electron chi connectivity index (χ3n) is 4.26. The van der Waals surface area contributed by atoms with Crippen molar-refractivity contribution >= 4 is 15.9 Å². The minimum atomic E-state index is -3.15. The van der Waals surface area contributed by atoms with Crippen molar-refractivity contribution in [1.82, 2.24) is 9.21 Å². The minimum Gasteiger partial charge on any atom is -0.388 e. The third-order valence-corrected chi connectivity index (χ3v) is 5.56. The largest absolute Gasteiger partial charge is 0.388 e. The van der Waals surface area contributed by atoms with Crippen LogP contribution in [-0.4, -0.2) is 66.7 Å². The Labute approximate surface area is 120 Å². The summed E-state index contributed by atoms with van der Waals surface area (Å²) in [6.07, 6.45) is 3.90. The molecule has 2 heterocycles. The number of hydrogen-bond donors (Lipinski definition) is 1. The van der Waals surface area contributed by atoms with Crippen LogP contribution in [0.15, 0.2) is 0 Å². The molecule has 0 aromatic carbocycles. The molecule has 1 unspecified atom stereocenters. The van der Waals surface area contributed by atoms with Gasteiger partial charge in [0.1, 0.15) is 0 Å². The molecule has 2 aliphatic heterocycles. The summed E-state index contributed by atoms with van der Waals surface area (Å²) in [5.74, 6) is -0.0416. The van der Waals surface area contributed by atoms with Gasteiger partial charge in [0.2, 0.25) is 15.9 Å². The highest BCUT2D eigenvalue weighted by molar-refractivity contribution is 7.88. The van der Waals surface area contributed by atoms with Crippen LogP contribution in [0, 0.1) is 5.92 Å². The maximum absolute atomic E-state index is 12.4. The van der Waals surface area contributed by atoms with Crippen molar-refractivity contribution in [1.29, 1.82) is 0 Å². The predicted octanol–water partition coefficient (Wildman–Crippen LogP) is 0.0314. The van der Waals surface area contributed by atoms with Crippen LogP contribution in [-0.2, 0) is 14.8 Å². The van der Waals surface area contributed by atoms with Gasteiger partial charge < -0.3 is 10.0 Å². The number of sulfonamides is 1. The van der Waals surface area contributed by atoms with E-state index in [4.69, 9.17) is 0 Å². The van der Waals surface area contributed by atoms with Gasteiger partial charge in [-0.05, 0) is 32.6 Å². The normalized spacial score (nSPS) is 30.4. The Morgan fingerprint density at radius 2 is 1.85 bits per heavy atom. The average molecular weight is 304 g/mol. The first-order chi connectivity index (χ1) is 9.19. The molecule has 2 fully saturated rings. The van der Waals surface area contributed by atoms with E-state index < -0.39 is 15.6 Å². The first kappa shape index (κ1) is 15.7. The summed E-state index contributed by atoms with van der Waals surface area (Å²) in [4.78, 5) is 14.2. The fourth-order valence-electron chi connectivity index (χ4n) is 3.10. The number of rotatable bonds is 2. The molecule has 1 amide bonds. The van der Waals surface area contributed by atoms with Gasteiger partial charge in [0, 0.05) is 32.1 Å². The molecule has 0 spiro atoms. The molecule has 2 saturated heterocycles. The van der Waals surface area contributed by atoms with Gasteiger partial charge in [-0.2, -0.15) is 0 Å². The van der Waals surface area contributed by atoms with Gasteiger partial charge in [-0.3, -0.25) is 4.79 Å². The van der Waals surface area contributed by atoms with Crippen LogP contribution in [0.5, 0.6) is 0 Å². The molecule has 116 valence electrons. The standard InChI is InChI=1S/C13H24N2O4S/c1-13(17)6-3-7-14(10-13)12(16)11-4-8-15(9-5-11)20(2,18)19/h11,17H,3-10H2,1-2H3. The molecule has 2 rings (SSSR count). The Balaban J connectivity index is 1.92. The van der Waals surface area contributed by atoms with Crippen LogP contribution in [0.1, 0.15) is 32.6 Å². The summed E-state index contributed by atoms with van der Waals surface area (Å²) >= 11 is 0. The quantitative estimate of drug-likeness (QED) is 0.781. The van der Waals surface area contributed by atoms with Crippen molar-refractivity contribution in [2.75, 3.05) is 32.4 Å². The molecule has 6 nitrogen and oxygen atoms in total. The van der Waals surface area contributed by atoms with E-state index >= 15 is 0 Å². The number of β-amino-alcohol motifs (C(OH)–C–C–N with tert-alkyl or cyclic N) is 1. The molecule has 0 aromatic heterocycles. The SMILES string of the molecule is CC1(O)CCCN(C(=O)C2CCN(S(C)(=O)=O)CC2)C1. The maximum Gasteiger partial charge on any atom is 0.225 e. The van der Waals surface area contributed by atoms with E-state index in [-0.39, 0.29) is 11.8 Å². The third kappa shape index (κ3) is 3.71. The van der Waals surface area contributed by atoms with Crippen LogP contribution in [0.3, 0.4) is 0 Å². The monoisotopic (exact) mass is 304 g/mol. The lowest BCUT2D eigenvalue weighted by atomic mass is 9.91. The lowest BCUT2D eigenvalue weighted by molar-refractivity contribution is -0.143. The summed E-state index contributed by atoms with van der Waals surface area (Å²) < 4.78 is 24.3. The van der Waals surface area contributed by atoms with Crippen molar-refractivity contribution in [2.45, 2.75) is 38.2 Å². The molecule has 2 aliphatic rings. The van der Waals surface area contributed by atoms with Gasteiger partial charge in [0.15, 0.2) is 0 Å². The van der Waals surface area contributed by atoms with Crippen molar-refractivity contribution in [2.24, 2.45) is 5.92 Å². The zero-order valence-corrected chi connectivity index (χ0v) is 13.0. The smallest absolute Gasteiger partial charge is 0.225 e. The highest BCUT2D eigenvalue weighted by atomic mass is 32.2. The molecule has 20 heavy (non-hydrogen) atoms.